The Balaban J connectivity index is 1.36. The Bertz CT molecular complexity index is 1100. The van der Waals surface area contributed by atoms with E-state index in [0.29, 0.717) is 28.5 Å². The first-order valence-corrected chi connectivity index (χ1v) is 9.35. The third-order valence-corrected chi connectivity index (χ3v) is 4.77. The molecular formula is C20H16ClN5O2. The van der Waals surface area contributed by atoms with E-state index in [1.807, 2.05) is 47.0 Å². The molecule has 0 aliphatic heterocycles. The molecule has 5 rings (SSSR count). The summed E-state index contributed by atoms with van der Waals surface area (Å²) in [6.45, 7) is 0.241. The van der Waals surface area contributed by atoms with Crippen LogP contribution in [0.15, 0.2) is 59.4 Å². The van der Waals surface area contributed by atoms with Crippen LogP contribution in [0.4, 0.5) is 0 Å². The molecule has 0 bridgehead atoms. The molecule has 0 spiro atoms. The Morgan fingerprint density at radius 3 is 2.71 bits per heavy atom. The number of benzene rings is 1. The lowest BCUT2D eigenvalue weighted by Crippen LogP contribution is -2.04. The van der Waals surface area contributed by atoms with Gasteiger partial charge in [0.1, 0.15) is 12.3 Å². The Morgan fingerprint density at radius 1 is 1.07 bits per heavy atom. The van der Waals surface area contributed by atoms with Crippen molar-refractivity contribution in [2.45, 2.75) is 25.5 Å². The highest BCUT2D eigenvalue weighted by atomic mass is 35.5. The molecule has 0 saturated heterocycles. The zero-order valence-corrected chi connectivity index (χ0v) is 15.6. The minimum Gasteiger partial charge on any atom is -0.457 e. The molecule has 1 aromatic carbocycles. The SMILES string of the molecule is Clc1cccc(-c2cc(COc3nnc(-c4ccncc4)n3C3CC3)no2)c1. The molecule has 3 aromatic heterocycles. The molecule has 1 aliphatic rings. The second kappa shape index (κ2) is 7.09. The van der Waals surface area contributed by atoms with Gasteiger partial charge in [-0.1, -0.05) is 34.0 Å². The lowest BCUT2D eigenvalue weighted by Gasteiger charge is -2.08. The second-order valence-electron chi connectivity index (χ2n) is 6.62. The highest BCUT2D eigenvalue weighted by molar-refractivity contribution is 6.30. The minimum atomic E-state index is 0.241. The summed E-state index contributed by atoms with van der Waals surface area (Å²) in [6, 6.07) is 14.0. The minimum absolute atomic E-state index is 0.241. The van der Waals surface area contributed by atoms with Crippen molar-refractivity contribution in [2.24, 2.45) is 0 Å². The normalized spacial score (nSPS) is 13.6. The van der Waals surface area contributed by atoms with E-state index in [2.05, 4.69) is 20.3 Å². The van der Waals surface area contributed by atoms with Gasteiger partial charge in [0.15, 0.2) is 11.6 Å². The van der Waals surface area contributed by atoms with Gasteiger partial charge in [-0.25, -0.2) is 0 Å². The van der Waals surface area contributed by atoms with Gasteiger partial charge in [-0.05, 0) is 37.1 Å². The number of aromatic nitrogens is 5. The molecule has 0 N–H and O–H groups in total. The second-order valence-corrected chi connectivity index (χ2v) is 7.06. The summed E-state index contributed by atoms with van der Waals surface area (Å²) >= 11 is 6.04. The van der Waals surface area contributed by atoms with Crippen molar-refractivity contribution >= 4 is 11.6 Å². The number of halogens is 1. The quantitative estimate of drug-likeness (QED) is 0.477. The van der Waals surface area contributed by atoms with Crippen molar-refractivity contribution < 1.29 is 9.26 Å². The highest BCUT2D eigenvalue weighted by Crippen LogP contribution is 2.41. The molecule has 4 aromatic rings. The van der Waals surface area contributed by atoms with Gasteiger partial charge in [0.05, 0.1) is 0 Å². The number of pyridine rings is 1. The van der Waals surface area contributed by atoms with Gasteiger partial charge in [0.25, 0.3) is 0 Å². The summed E-state index contributed by atoms with van der Waals surface area (Å²) in [4.78, 5) is 4.06. The van der Waals surface area contributed by atoms with Crippen molar-refractivity contribution in [1.82, 2.24) is 24.9 Å². The van der Waals surface area contributed by atoms with Crippen LogP contribution in [0.5, 0.6) is 6.01 Å². The molecule has 8 heteroatoms. The molecule has 1 saturated carbocycles. The third kappa shape index (κ3) is 3.36. The van der Waals surface area contributed by atoms with Gasteiger partial charge in [0.2, 0.25) is 0 Å². The molecule has 3 heterocycles. The Labute approximate surface area is 165 Å². The Morgan fingerprint density at radius 2 is 1.93 bits per heavy atom. The average molecular weight is 394 g/mol. The first-order valence-electron chi connectivity index (χ1n) is 8.97. The van der Waals surface area contributed by atoms with E-state index in [1.165, 1.54) is 0 Å². The zero-order valence-electron chi connectivity index (χ0n) is 14.8. The third-order valence-electron chi connectivity index (χ3n) is 4.53. The van der Waals surface area contributed by atoms with Crippen molar-refractivity contribution in [1.29, 1.82) is 0 Å². The monoisotopic (exact) mass is 393 g/mol. The van der Waals surface area contributed by atoms with Crippen molar-refractivity contribution in [3.05, 3.63) is 65.6 Å². The summed E-state index contributed by atoms with van der Waals surface area (Å²) in [5.41, 5.74) is 2.51. The molecule has 1 fully saturated rings. The van der Waals surface area contributed by atoms with E-state index in [9.17, 15) is 0 Å². The van der Waals surface area contributed by atoms with Crippen molar-refractivity contribution in [2.75, 3.05) is 0 Å². The maximum Gasteiger partial charge on any atom is 0.317 e. The molecule has 0 unspecified atom stereocenters. The van der Waals surface area contributed by atoms with Crippen LogP contribution in [0, 0.1) is 0 Å². The number of rotatable bonds is 6. The summed E-state index contributed by atoms with van der Waals surface area (Å²) < 4.78 is 13.4. The van der Waals surface area contributed by atoms with Gasteiger partial charge >= 0.3 is 6.01 Å². The molecule has 0 radical (unpaired) electrons. The van der Waals surface area contributed by atoms with Gasteiger partial charge < -0.3 is 9.26 Å². The van der Waals surface area contributed by atoms with Crippen LogP contribution in [-0.2, 0) is 6.61 Å². The smallest absolute Gasteiger partial charge is 0.317 e. The predicted octanol–water partition coefficient (Wildman–Crippen LogP) is 4.56. The van der Waals surface area contributed by atoms with Crippen LogP contribution in [0.25, 0.3) is 22.7 Å². The standard InChI is InChI=1S/C20H16ClN5O2/c21-15-3-1-2-14(10-15)18-11-16(25-28-18)12-27-20-24-23-19(26(20)17-4-5-17)13-6-8-22-9-7-13/h1-3,6-11,17H,4-5,12H2. The topological polar surface area (TPSA) is 78.9 Å². The molecular weight excluding hydrogens is 378 g/mol. The fraction of sp³-hybridized carbons (Fsp3) is 0.200. The summed E-state index contributed by atoms with van der Waals surface area (Å²) in [5.74, 6) is 1.43. The van der Waals surface area contributed by atoms with Crippen molar-refractivity contribution in [3.63, 3.8) is 0 Å². The number of hydrogen-bond donors (Lipinski definition) is 0. The first kappa shape index (κ1) is 16.9. The number of hydrogen-bond acceptors (Lipinski definition) is 6. The van der Waals surface area contributed by atoms with E-state index < -0.39 is 0 Å². The number of ether oxygens (including phenoxy) is 1. The van der Waals surface area contributed by atoms with E-state index >= 15 is 0 Å². The van der Waals surface area contributed by atoms with Crippen LogP contribution in [0.1, 0.15) is 24.6 Å². The first-order chi connectivity index (χ1) is 13.8. The van der Waals surface area contributed by atoms with Gasteiger partial charge in [0, 0.05) is 40.7 Å². The van der Waals surface area contributed by atoms with Gasteiger partial charge in [-0.2, -0.15) is 0 Å². The molecule has 7 nitrogen and oxygen atoms in total. The zero-order chi connectivity index (χ0) is 18.9. The maximum atomic E-state index is 6.04. The summed E-state index contributed by atoms with van der Waals surface area (Å²) in [7, 11) is 0. The predicted molar refractivity (Wildman–Crippen MR) is 103 cm³/mol. The lowest BCUT2D eigenvalue weighted by atomic mass is 10.2. The van der Waals surface area contributed by atoms with Crippen LogP contribution >= 0.6 is 11.6 Å². The summed E-state index contributed by atoms with van der Waals surface area (Å²) in [5, 5.41) is 13.3. The Hall–Kier alpha value is -3.19. The van der Waals surface area contributed by atoms with Crippen LogP contribution in [-0.4, -0.2) is 24.9 Å². The van der Waals surface area contributed by atoms with Crippen LogP contribution < -0.4 is 4.74 Å². The molecule has 0 amide bonds. The van der Waals surface area contributed by atoms with Gasteiger partial charge in [-0.3, -0.25) is 9.55 Å². The molecule has 28 heavy (non-hydrogen) atoms. The molecule has 140 valence electrons. The lowest BCUT2D eigenvalue weighted by molar-refractivity contribution is 0.255. The average Bonchev–Trinajstić information content (AvgIpc) is 3.29. The van der Waals surface area contributed by atoms with E-state index in [0.717, 1.165) is 29.8 Å². The maximum absolute atomic E-state index is 6.04. The molecule has 1 aliphatic carbocycles. The summed E-state index contributed by atoms with van der Waals surface area (Å²) in [6.07, 6.45) is 5.67. The van der Waals surface area contributed by atoms with Crippen LogP contribution in [0.2, 0.25) is 5.02 Å². The van der Waals surface area contributed by atoms with Crippen molar-refractivity contribution in [3.8, 4) is 28.7 Å². The highest BCUT2D eigenvalue weighted by Gasteiger charge is 2.31. The van der Waals surface area contributed by atoms with Gasteiger partial charge in [-0.15, -0.1) is 5.10 Å². The molecule has 0 atom stereocenters. The van der Waals surface area contributed by atoms with E-state index in [1.54, 1.807) is 12.4 Å². The van der Waals surface area contributed by atoms with E-state index in [-0.39, 0.29) is 6.61 Å². The Kier molecular flexibility index (Phi) is 4.29. The fourth-order valence-corrected chi connectivity index (χ4v) is 3.22. The van der Waals surface area contributed by atoms with Crippen LogP contribution in [0.3, 0.4) is 0 Å². The van der Waals surface area contributed by atoms with E-state index in [4.69, 9.17) is 20.9 Å². The fourth-order valence-electron chi connectivity index (χ4n) is 3.03. The largest absolute Gasteiger partial charge is 0.457 e. The number of nitrogens with zero attached hydrogens (tertiary/aromatic N) is 5.